The average Bonchev–Trinajstić information content (AvgIpc) is 2.53. The van der Waals surface area contributed by atoms with Crippen LogP contribution in [0.1, 0.15) is 33.1 Å². The highest BCUT2D eigenvalue weighted by Gasteiger charge is 2.26. The zero-order valence-corrected chi connectivity index (χ0v) is 11.6. The lowest BCUT2D eigenvalue weighted by Crippen LogP contribution is -2.31. The monoisotopic (exact) mass is 260 g/mol. The maximum absolute atomic E-state index is 12.2. The number of fused-ring (bicyclic) bond motifs is 1. The molecule has 0 spiro atoms. The Hall–Kier alpha value is -1.84. The minimum atomic E-state index is -0.0161. The Labute approximate surface area is 114 Å². The Bertz CT molecular complexity index is 485. The first-order valence-corrected chi connectivity index (χ1v) is 6.82. The molecule has 0 aromatic heterocycles. The summed E-state index contributed by atoms with van der Waals surface area (Å²) in [6.07, 6.45) is 2.40. The molecule has 0 unspecified atom stereocenters. The predicted octanol–water partition coefficient (Wildman–Crippen LogP) is 2.58. The highest BCUT2D eigenvalue weighted by Crippen LogP contribution is 2.32. The Morgan fingerprint density at radius 3 is 2.58 bits per heavy atom. The topological polar surface area (TPSA) is 40.6 Å². The Morgan fingerprint density at radius 1 is 1.26 bits per heavy atom. The van der Waals surface area contributed by atoms with Gasteiger partial charge in [0.2, 0.25) is 11.8 Å². The molecule has 1 aliphatic rings. The Morgan fingerprint density at radius 2 is 1.95 bits per heavy atom. The zero-order valence-electron chi connectivity index (χ0n) is 11.6. The number of nitrogens with zero attached hydrogens (tertiary/aromatic N) is 2. The molecule has 2 amide bonds. The van der Waals surface area contributed by atoms with Gasteiger partial charge >= 0.3 is 0 Å². The molecule has 4 nitrogen and oxygen atoms in total. The maximum atomic E-state index is 12.2. The van der Waals surface area contributed by atoms with Crippen LogP contribution in [0.25, 0.3) is 0 Å². The molecule has 0 atom stereocenters. The van der Waals surface area contributed by atoms with E-state index < -0.39 is 0 Å². The lowest BCUT2D eigenvalue weighted by atomic mass is 10.2. The molecular weight excluding hydrogens is 240 g/mol. The molecule has 0 bridgehead atoms. The van der Waals surface area contributed by atoms with Crippen LogP contribution in [-0.4, -0.2) is 24.9 Å². The van der Waals surface area contributed by atoms with Crippen molar-refractivity contribution in [3.05, 3.63) is 24.3 Å². The van der Waals surface area contributed by atoms with Crippen LogP contribution in [0, 0.1) is 0 Å². The smallest absolute Gasteiger partial charge is 0.228 e. The van der Waals surface area contributed by atoms with E-state index in [0.29, 0.717) is 13.0 Å². The van der Waals surface area contributed by atoms with Gasteiger partial charge < -0.3 is 9.80 Å². The second kappa shape index (κ2) is 5.87. The van der Waals surface area contributed by atoms with Crippen molar-refractivity contribution in [3.63, 3.8) is 0 Å². The molecule has 2 rings (SSSR count). The van der Waals surface area contributed by atoms with Gasteiger partial charge in [-0.1, -0.05) is 25.5 Å². The van der Waals surface area contributed by atoms with E-state index in [-0.39, 0.29) is 11.8 Å². The van der Waals surface area contributed by atoms with Crippen LogP contribution in [0.5, 0.6) is 0 Å². The second-order valence-electron chi connectivity index (χ2n) is 4.81. The summed E-state index contributed by atoms with van der Waals surface area (Å²) < 4.78 is 0. The van der Waals surface area contributed by atoms with Crippen molar-refractivity contribution in [1.29, 1.82) is 0 Å². The van der Waals surface area contributed by atoms with Gasteiger partial charge in [-0.3, -0.25) is 9.59 Å². The molecule has 1 aromatic rings. The molecule has 0 fully saturated rings. The van der Waals surface area contributed by atoms with Gasteiger partial charge in [0.15, 0.2) is 0 Å². The van der Waals surface area contributed by atoms with Gasteiger partial charge in [0.05, 0.1) is 11.4 Å². The summed E-state index contributed by atoms with van der Waals surface area (Å²) in [4.78, 5) is 27.5. The van der Waals surface area contributed by atoms with Crippen LogP contribution in [0.15, 0.2) is 24.3 Å². The first kappa shape index (κ1) is 13.6. The summed E-state index contributed by atoms with van der Waals surface area (Å²) in [5.74, 6) is 0.0854. The van der Waals surface area contributed by atoms with Gasteiger partial charge in [-0.15, -0.1) is 0 Å². The Kier molecular flexibility index (Phi) is 4.20. The number of benzene rings is 1. The minimum Gasteiger partial charge on any atom is -0.310 e. The fourth-order valence-electron chi connectivity index (χ4n) is 2.41. The van der Waals surface area contributed by atoms with Crippen LogP contribution in [0.3, 0.4) is 0 Å². The van der Waals surface area contributed by atoms with Crippen molar-refractivity contribution in [2.45, 2.75) is 33.1 Å². The third-order valence-electron chi connectivity index (χ3n) is 3.43. The van der Waals surface area contributed by atoms with E-state index in [1.54, 1.807) is 11.8 Å². The second-order valence-corrected chi connectivity index (χ2v) is 4.81. The zero-order chi connectivity index (χ0) is 13.8. The number of anilines is 2. The molecule has 0 saturated heterocycles. The summed E-state index contributed by atoms with van der Waals surface area (Å²) in [5.41, 5.74) is 1.70. The van der Waals surface area contributed by atoms with Crippen molar-refractivity contribution in [2.24, 2.45) is 0 Å². The molecular formula is C15H20N2O2. The van der Waals surface area contributed by atoms with E-state index in [4.69, 9.17) is 0 Å². The normalized spacial score (nSPS) is 15.2. The largest absolute Gasteiger partial charge is 0.310 e. The third kappa shape index (κ3) is 2.78. The predicted molar refractivity (Wildman–Crippen MR) is 76.3 cm³/mol. The minimum absolute atomic E-state index is 0.0161. The van der Waals surface area contributed by atoms with Crippen LogP contribution >= 0.6 is 0 Å². The van der Waals surface area contributed by atoms with Crippen molar-refractivity contribution < 1.29 is 9.59 Å². The van der Waals surface area contributed by atoms with Gasteiger partial charge in [0.25, 0.3) is 0 Å². The molecule has 4 heteroatoms. The maximum Gasteiger partial charge on any atom is 0.228 e. The molecule has 1 aliphatic heterocycles. The molecule has 102 valence electrons. The van der Waals surface area contributed by atoms with Crippen LogP contribution in [0.4, 0.5) is 11.4 Å². The van der Waals surface area contributed by atoms with Crippen molar-refractivity contribution in [2.75, 3.05) is 22.9 Å². The van der Waals surface area contributed by atoms with Crippen molar-refractivity contribution in [1.82, 2.24) is 0 Å². The SMILES string of the molecule is CCCCN1C(=O)CCN(C(C)=O)c2ccccc21. The first-order valence-electron chi connectivity index (χ1n) is 6.82. The number of hydrogen-bond donors (Lipinski definition) is 0. The van der Waals surface area contributed by atoms with Gasteiger partial charge in [-0.2, -0.15) is 0 Å². The molecule has 1 heterocycles. The highest BCUT2D eigenvalue weighted by molar-refractivity contribution is 6.04. The standard InChI is InChI=1S/C15H20N2O2/c1-3-4-10-17-14-8-6-5-7-13(14)16(12(2)18)11-9-15(17)19/h5-8H,3-4,9-11H2,1-2H3. The average molecular weight is 260 g/mol. The van der Waals surface area contributed by atoms with E-state index in [1.165, 1.54) is 0 Å². The van der Waals surface area contributed by atoms with Gasteiger partial charge in [0.1, 0.15) is 0 Å². The van der Waals surface area contributed by atoms with E-state index in [2.05, 4.69) is 6.92 Å². The van der Waals surface area contributed by atoms with E-state index in [0.717, 1.165) is 30.8 Å². The van der Waals surface area contributed by atoms with E-state index in [1.807, 2.05) is 29.2 Å². The Balaban J connectivity index is 2.42. The summed E-state index contributed by atoms with van der Waals surface area (Å²) in [6, 6.07) is 7.65. The number of rotatable bonds is 3. The van der Waals surface area contributed by atoms with Crippen molar-refractivity contribution in [3.8, 4) is 0 Å². The third-order valence-corrected chi connectivity index (χ3v) is 3.43. The fourth-order valence-corrected chi connectivity index (χ4v) is 2.41. The lowest BCUT2D eigenvalue weighted by molar-refractivity contribution is -0.118. The quantitative estimate of drug-likeness (QED) is 0.838. The van der Waals surface area contributed by atoms with Crippen LogP contribution in [0.2, 0.25) is 0 Å². The van der Waals surface area contributed by atoms with Gasteiger partial charge in [0, 0.05) is 26.4 Å². The number of para-hydroxylation sites is 2. The van der Waals surface area contributed by atoms with Crippen molar-refractivity contribution >= 4 is 23.2 Å². The van der Waals surface area contributed by atoms with E-state index in [9.17, 15) is 9.59 Å². The van der Waals surface area contributed by atoms with Crippen LogP contribution in [-0.2, 0) is 9.59 Å². The highest BCUT2D eigenvalue weighted by atomic mass is 16.2. The summed E-state index contributed by atoms with van der Waals surface area (Å²) in [5, 5.41) is 0. The summed E-state index contributed by atoms with van der Waals surface area (Å²) in [7, 11) is 0. The molecule has 0 N–H and O–H groups in total. The molecule has 0 aliphatic carbocycles. The fraction of sp³-hybridized carbons (Fsp3) is 0.467. The number of carbonyl (C=O) groups excluding carboxylic acids is 2. The number of amides is 2. The van der Waals surface area contributed by atoms with Gasteiger partial charge in [-0.25, -0.2) is 0 Å². The van der Waals surface area contributed by atoms with E-state index >= 15 is 0 Å². The number of unbranched alkanes of at least 4 members (excludes halogenated alkanes) is 1. The van der Waals surface area contributed by atoms with Gasteiger partial charge in [-0.05, 0) is 18.6 Å². The molecule has 0 radical (unpaired) electrons. The molecule has 1 aromatic carbocycles. The summed E-state index contributed by atoms with van der Waals surface area (Å²) in [6.45, 7) is 4.84. The molecule has 0 saturated carbocycles. The van der Waals surface area contributed by atoms with Crippen LogP contribution < -0.4 is 9.80 Å². The number of carbonyl (C=O) groups is 2. The summed E-state index contributed by atoms with van der Waals surface area (Å²) >= 11 is 0. The first-order chi connectivity index (χ1) is 9.15. The number of hydrogen-bond acceptors (Lipinski definition) is 2. The molecule has 19 heavy (non-hydrogen) atoms. The lowest BCUT2D eigenvalue weighted by Gasteiger charge is -2.24.